The van der Waals surface area contributed by atoms with Crippen molar-refractivity contribution < 1.29 is 33.8 Å². The highest BCUT2D eigenvalue weighted by Crippen LogP contribution is 2.42. The molecule has 13 nitrogen and oxygen atoms in total. The molecule has 0 saturated heterocycles. The molecule has 2 aromatic rings. The van der Waals surface area contributed by atoms with E-state index in [1.54, 1.807) is 24.3 Å². The number of hydrogen-bond acceptors (Lipinski definition) is 9. The number of aromatic carboxylic acids is 1. The van der Waals surface area contributed by atoms with Crippen LogP contribution in [0.3, 0.4) is 0 Å². The number of fused-ring (bicyclic) bond motifs is 2. The molecule has 0 aromatic heterocycles. The number of carbonyl (C=O) groups excluding carboxylic acids is 2. The molecule has 0 saturated carbocycles. The van der Waals surface area contributed by atoms with Gasteiger partial charge in [0.1, 0.15) is 23.7 Å². The first-order valence-corrected chi connectivity index (χ1v) is 13.5. The normalized spacial score (nSPS) is 11.6. The lowest BCUT2D eigenvalue weighted by atomic mass is 9.90. The van der Waals surface area contributed by atoms with Gasteiger partial charge in [-0.05, 0) is 73.6 Å². The van der Waals surface area contributed by atoms with E-state index in [1.807, 2.05) is 0 Å². The van der Waals surface area contributed by atoms with E-state index in [4.69, 9.17) is 32.8 Å². The largest absolute Gasteiger partial charge is 0.508 e. The number of benzene rings is 3. The Balaban J connectivity index is 1.54. The van der Waals surface area contributed by atoms with E-state index in [0.29, 0.717) is 47.2 Å². The minimum Gasteiger partial charge on any atom is -0.508 e. The summed E-state index contributed by atoms with van der Waals surface area (Å²) in [5, 5.41) is 29.0. The Bertz CT molecular complexity index is 1720. The Morgan fingerprint density at radius 1 is 1.05 bits per heavy atom. The second-order valence-electron chi connectivity index (χ2n) is 9.51. The average molecular weight is 608 g/mol. The van der Waals surface area contributed by atoms with E-state index in [0.717, 1.165) is 0 Å². The third-order valence-corrected chi connectivity index (χ3v) is 6.66. The fourth-order valence-corrected chi connectivity index (χ4v) is 4.72. The molecule has 1 atom stereocenters. The standard InChI is InChI=1S/C29H29N5O8S/c30-9-1-2-16(14-41-28(31)40)33-25(37)13-32-29(43)34-15-3-6-19(22(10-15)27(38)39)26-20-7-4-17(35)11-23(20)42-24-12-18(36)5-8-21(24)26/h3-8,10-12,16,35H,1-2,9,13-14,30H2,(H2,31,40)(H,33,37)(H,38,39)(H2,32,34,43)/t16-/m0/s1. The van der Waals surface area contributed by atoms with Gasteiger partial charge in [-0.15, -0.1) is 0 Å². The van der Waals surface area contributed by atoms with Gasteiger partial charge in [-0.1, -0.05) is 6.07 Å². The number of aromatic hydroxyl groups is 1. The van der Waals surface area contributed by atoms with Crippen molar-refractivity contribution in [2.24, 2.45) is 11.5 Å². The van der Waals surface area contributed by atoms with Crippen LogP contribution in [0.1, 0.15) is 23.2 Å². The SMILES string of the molecule is NCCC[C@@H](COC(N)=O)NC(=O)CNC(=S)Nc1ccc(-c2c3ccc(=O)cc-3oc3cc(O)ccc23)c(C(=O)O)c1. The summed E-state index contributed by atoms with van der Waals surface area (Å²) in [6, 6.07) is 12.8. The first kappa shape index (κ1) is 30.7. The van der Waals surface area contributed by atoms with Crippen LogP contribution in [0, 0.1) is 0 Å². The number of hydrogen-bond donors (Lipinski definition) is 7. The number of amides is 2. The topological polar surface area (TPSA) is 219 Å². The monoisotopic (exact) mass is 607 g/mol. The van der Waals surface area contributed by atoms with Crippen molar-refractivity contribution in [1.29, 1.82) is 0 Å². The van der Waals surface area contributed by atoms with E-state index in [2.05, 4.69) is 16.0 Å². The smallest absolute Gasteiger partial charge is 0.404 e. The quantitative estimate of drug-likeness (QED) is 0.0966. The Hall–Kier alpha value is -5.21. The zero-order chi connectivity index (χ0) is 31.1. The minimum atomic E-state index is -1.22. The second kappa shape index (κ2) is 13.6. The maximum absolute atomic E-state index is 12.4. The molecule has 1 aliphatic carbocycles. The third kappa shape index (κ3) is 7.75. The van der Waals surface area contributed by atoms with Crippen LogP contribution in [0.15, 0.2) is 63.8 Å². The minimum absolute atomic E-state index is 0.0546. The van der Waals surface area contributed by atoms with Crippen molar-refractivity contribution in [1.82, 2.24) is 10.6 Å². The van der Waals surface area contributed by atoms with E-state index in [9.17, 15) is 29.4 Å². The molecule has 0 radical (unpaired) electrons. The molecule has 2 aliphatic rings. The van der Waals surface area contributed by atoms with Gasteiger partial charge in [-0.3, -0.25) is 9.59 Å². The van der Waals surface area contributed by atoms with Crippen molar-refractivity contribution in [3.8, 4) is 28.2 Å². The molecule has 0 spiro atoms. The Kier molecular flexibility index (Phi) is 9.75. The highest BCUT2D eigenvalue weighted by molar-refractivity contribution is 7.80. The van der Waals surface area contributed by atoms with E-state index < -0.39 is 24.0 Å². The van der Waals surface area contributed by atoms with Gasteiger partial charge in [0.2, 0.25) is 5.91 Å². The van der Waals surface area contributed by atoms with Crippen LogP contribution < -0.4 is 32.8 Å². The number of rotatable bonds is 11. The lowest BCUT2D eigenvalue weighted by Gasteiger charge is -2.19. The van der Waals surface area contributed by atoms with Gasteiger partial charge >= 0.3 is 12.1 Å². The zero-order valence-corrected chi connectivity index (χ0v) is 23.5. The van der Waals surface area contributed by atoms with Crippen LogP contribution in [0.4, 0.5) is 10.5 Å². The molecule has 0 fully saturated rings. The van der Waals surface area contributed by atoms with Crippen molar-refractivity contribution in [3.63, 3.8) is 0 Å². The summed E-state index contributed by atoms with van der Waals surface area (Å²) < 4.78 is 10.6. The Morgan fingerprint density at radius 3 is 2.53 bits per heavy atom. The van der Waals surface area contributed by atoms with Crippen molar-refractivity contribution in [2.75, 3.05) is 25.0 Å². The van der Waals surface area contributed by atoms with E-state index in [1.165, 1.54) is 30.3 Å². The van der Waals surface area contributed by atoms with Gasteiger partial charge in [0.25, 0.3) is 0 Å². The molecular weight excluding hydrogens is 578 g/mol. The molecule has 0 bridgehead atoms. The lowest BCUT2D eigenvalue weighted by molar-refractivity contribution is -0.121. The van der Waals surface area contributed by atoms with Gasteiger partial charge < -0.3 is 46.8 Å². The first-order valence-electron chi connectivity index (χ1n) is 13.1. The van der Waals surface area contributed by atoms with Gasteiger partial charge in [-0.2, -0.15) is 0 Å². The highest BCUT2D eigenvalue weighted by atomic mass is 32.1. The number of primary amides is 1. The summed E-state index contributed by atoms with van der Waals surface area (Å²) in [5.41, 5.74) is 12.1. The first-order chi connectivity index (χ1) is 20.5. The van der Waals surface area contributed by atoms with Crippen LogP contribution in [0.5, 0.6) is 5.75 Å². The second-order valence-corrected chi connectivity index (χ2v) is 9.92. The summed E-state index contributed by atoms with van der Waals surface area (Å²) in [7, 11) is 0. The summed E-state index contributed by atoms with van der Waals surface area (Å²) >= 11 is 5.29. The van der Waals surface area contributed by atoms with Crippen LogP contribution >= 0.6 is 12.2 Å². The number of phenolic OH excluding ortho intramolecular Hbond substituents is 1. The fraction of sp³-hybridized carbons (Fsp3) is 0.207. The number of nitrogens with one attached hydrogen (secondary N) is 3. The van der Waals surface area contributed by atoms with Gasteiger partial charge in [0.15, 0.2) is 10.5 Å². The van der Waals surface area contributed by atoms with Crippen LogP contribution in [-0.4, -0.2) is 59.0 Å². The van der Waals surface area contributed by atoms with Crippen molar-refractivity contribution in [3.05, 3.63) is 70.4 Å². The summed E-state index contributed by atoms with van der Waals surface area (Å²) in [6.45, 7) is 0.0713. The molecule has 4 rings (SSSR count). The maximum Gasteiger partial charge on any atom is 0.404 e. The molecule has 43 heavy (non-hydrogen) atoms. The maximum atomic E-state index is 12.4. The van der Waals surface area contributed by atoms with Crippen molar-refractivity contribution in [2.45, 2.75) is 18.9 Å². The predicted molar refractivity (Wildman–Crippen MR) is 163 cm³/mol. The Labute approximate surface area is 250 Å². The zero-order valence-electron chi connectivity index (χ0n) is 22.7. The summed E-state index contributed by atoms with van der Waals surface area (Å²) in [6.07, 6.45) is 0.108. The molecule has 14 heteroatoms. The number of carbonyl (C=O) groups is 3. The molecule has 1 heterocycles. The number of phenols is 1. The van der Waals surface area contributed by atoms with Crippen LogP contribution in [-0.2, 0) is 9.53 Å². The number of ether oxygens (including phenoxy) is 1. The lowest BCUT2D eigenvalue weighted by Crippen LogP contribution is -2.45. The Morgan fingerprint density at radius 2 is 1.81 bits per heavy atom. The molecule has 1 aliphatic heterocycles. The number of nitrogens with two attached hydrogens (primary N) is 2. The average Bonchev–Trinajstić information content (AvgIpc) is 2.96. The number of carboxylic acids is 1. The van der Waals surface area contributed by atoms with Gasteiger partial charge in [-0.25, -0.2) is 9.59 Å². The number of carboxylic acid groups (broad SMARTS) is 1. The van der Waals surface area contributed by atoms with Gasteiger partial charge in [0.05, 0.1) is 18.2 Å². The summed E-state index contributed by atoms with van der Waals surface area (Å²) in [4.78, 5) is 47.8. The molecule has 0 unspecified atom stereocenters. The molecule has 2 aromatic carbocycles. The molecule has 224 valence electrons. The third-order valence-electron chi connectivity index (χ3n) is 6.41. The van der Waals surface area contributed by atoms with Crippen LogP contribution in [0.25, 0.3) is 33.4 Å². The van der Waals surface area contributed by atoms with E-state index in [-0.39, 0.29) is 46.3 Å². The molecule has 9 N–H and O–H groups in total. The molecule has 2 amide bonds. The van der Waals surface area contributed by atoms with Crippen molar-refractivity contribution >= 4 is 52.0 Å². The van der Waals surface area contributed by atoms with E-state index >= 15 is 0 Å². The summed E-state index contributed by atoms with van der Waals surface area (Å²) in [5.74, 6) is -1.48. The molecular formula is C29H29N5O8S. The highest BCUT2D eigenvalue weighted by Gasteiger charge is 2.22. The fourth-order valence-electron chi connectivity index (χ4n) is 4.53. The van der Waals surface area contributed by atoms with Gasteiger partial charge in [0, 0.05) is 34.3 Å². The number of thiocarbonyl (C=S) groups is 1. The predicted octanol–water partition coefficient (Wildman–Crippen LogP) is 2.57. The number of anilines is 1. The van der Waals surface area contributed by atoms with Crippen LogP contribution in [0.2, 0.25) is 0 Å².